The van der Waals surface area contributed by atoms with Crippen LogP contribution in [-0.4, -0.2) is 10.7 Å². The van der Waals surface area contributed by atoms with Crippen molar-refractivity contribution in [1.29, 1.82) is 0 Å². The van der Waals surface area contributed by atoms with Gasteiger partial charge in [0.15, 0.2) is 0 Å². The first kappa shape index (κ1) is 21.0. The highest BCUT2D eigenvalue weighted by atomic mass is 16.3. The third-order valence-electron chi connectivity index (χ3n) is 6.34. The lowest BCUT2D eigenvalue weighted by molar-refractivity contribution is -0.0406. The van der Waals surface area contributed by atoms with E-state index in [1.807, 2.05) is 0 Å². The minimum atomic E-state index is -0.347. The van der Waals surface area contributed by atoms with Crippen LogP contribution in [0.2, 0.25) is 0 Å². The molecule has 0 bridgehead atoms. The van der Waals surface area contributed by atoms with Crippen LogP contribution >= 0.6 is 0 Å². The Morgan fingerprint density at radius 1 is 0.957 bits per heavy atom. The minimum absolute atomic E-state index is 0.347. The first-order valence-corrected chi connectivity index (χ1v) is 10.8. The van der Waals surface area contributed by atoms with Gasteiger partial charge in [0.25, 0.3) is 0 Å². The van der Waals surface area contributed by atoms with Crippen LogP contribution in [0, 0.1) is 17.8 Å². The molecule has 0 aromatic rings. The minimum Gasteiger partial charge on any atom is -0.390 e. The molecule has 1 fully saturated rings. The van der Waals surface area contributed by atoms with E-state index in [1.54, 1.807) is 0 Å². The quantitative estimate of drug-likeness (QED) is 0.405. The monoisotopic (exact) mass is 324 g/mol. The molecule has 4 atom stereocenters. The lowest BCUT2D eigenvalue weighted by Gasteiger charge is -2.40. The van der Waals surface area contributed by atoms with Crippen molar-refractivity contribution in [3.63, 3.8) is 0 Å². The van der Waals surface area contributed by atoms with Crippen LogP contribution < -0.4 is 0 Å². The molecule has 0 amide bonds. The highest BCUT2D eigenvalue weighted by Gasteiger charge is 2.36. The Balaban J connectivity index is 2.50. The van der Waals surface area contributed by atoms with Crippen LogP contribution in [0.3, 0.4) is 0 Å². The Labute approximate surface area is 146 Å². The fourth-order valence-electron chi connectivity index (χ4n) is 4.78. The Morgan fingerprint density at radius 2 is 1.57 bits per heavy atom. The van der Waals surface area contributed by atoms with Crippen molar-refractivity contribution in [2.45, 2.75) is 123 Å². The van der Waals surface area contributed by atoms with Gasteiger partial charge in [0.2, 0.25) is 0 Å². The van der Waals surface area contributed by atoms with Gasteiger partial charge in [0.1, 0.15) is 0 Å². The van der Waals surface area contributed by atoms with E-state index in [2.05, 4.69) is 27.7 Å². The fraction of sp³-hybridized carbons (Fsp3) is 1.00. The number of hydrogen-bond acceptors (Lipinski definition) is 1. The molecule has 0 saturated heterocycles. The van der Waals surface area contributed by atoms with E-state index in [4.69, 9.17) is 0 Å². The van der Waals surface area contributed by atoms with E-state index >= 15 is 0 Å². The van der Waals surface area contributed by atoms with Gasteiger partial charge in [-0.25, -0.2) is 0 Å². The third kappa shape index (κ3) is 8.05. The summed E-state index contributed by atoms with van der Waals surface area (Å²) in [5, 5.41) is 11.2. The standard InChI is InChI=1S/C22H44O/c1-5-9-12-19(7-3)16-21-14-11-15-22(23,18-21)17-20(8-4)13-10-6-2/h19-21,23H,5-18H2,1-4H3. The molecular weight excluding hydrogens is 280 g/mol. The third-order valence-corrected chi connectivity index (χ3v) is 6.34. The number of aliphatic hydroxyl groups is 1. The lowest BCUT2D eigenvalue weighted by Crippen LogP contribution is -2.37. The molecule has 0 spiro atoms. The molecule has 1 aliphatic carbocycles. The molecule has 0 aliphatic heterocycles. The Bertz CT molecular complexity index is 288. The summed E-state index contributed by atoms with van der Waals surface area (Å²) in [5.74, 6) is 2.41. The second-order valence-electron chi connectivity index (χ2n) is 8.46. The summed E-state index contributed by atoms with van der Waals surface area (Å²) >= 11 is 0. The predicted molar refractivity (Wildman–Crippen MR) is 103 cm³/mol. The number of unbranched alkanes of at least 4 members (excludes halogenated alkanes) is 2. The molecule has 1 aliphatic rings. The van der Waals surface area contributed by atoms with Crippen LogP contribution in [-0.2, 0) is 0 Å². The summed E-state index contributed by atoms with van der Waals surface area (Å²) < 4.78 is 0. The average molecular weight is 325 g/mol. The maximum atomic E-state index is 11.2. The topological polar surface area (TPSA) is 20.2 Å². The molecule has 1 rings (SSSR count). The van der Waals surface area contributed by atoms with Crippen molar-refractivity contribution >= 4 is 0 Å². The molecule has 1 saturated carbocycles. The van der Waals surface area contributed by atoms with Crippen molar-refractivity contribution < 1.29 is 5.11 Å². The van der Waals surface area contributed by atoms with E-state index in [9.17, 15) is 5.11 Å². The smallest absolute Gasteiger partial charge is 0.0653 e. The average Bonchev–Trinajstić information content (AvgIpc) is 2.55. The molecule has 1 N–H and O–H groups in total. The Kier molecular flexibility index (Phi) is 10.5. The van der Waals surface area contributed by atoms with Gasteiger partial charge in [-0.3, -0.25) is 0 Å². The Hall–Kier alpha value is -0.0400. The maximum Gasteiger partial charge on any atom is 0.0653 e. The van der Waals surface area contributed by atoms with Crippen molar-refractivity contribution in [3.05, 3.63) is 0 Å². The van der Waals surface area contributed by atoms with E-state index in [0.29, 0.717) is 0 Å². The van der Waals surface area contributed by atoms with E-state index in [-0.39, 0.29) is 5.60 Å². The van der Waals surface area contributed by atoms with Crippen molar-refractivity contribution in [1.82, 2.24) is 0 Å². The van der Waals surface area contributed by atoms with Crippen LogP contribution in [0.4, 0.5) is 0 Å². The summed E-state index contributed by atoms with van der Waals surface area (Å²) in [6, 6.07) is 0. The molecule has 1 nitrogen and oxygen atoms in total. The summed E-state index contributed by atoms with van der Waals surface area (Å²) in [4.78, 5) is 0. The zero-order valence-electron chi connectivity index (χ0n) is 16.6. The van der Waals surface area contributed by atoms with E-state index < -0.39 is 0 Å². The summed E-state index contributed by atoms with van der Waals surface area (Å²) in [6.07, 6.45) is 17.7. The van der Waals surface area contributed by atoms with Gasteiger partial charge in [0, 0.05) is 0 Å². The second kappa shape index (κ2) is 11.5. The zero-order valence-corrected chi connectivity index (χ0v) is 16.6. The highest BCUT2D eigenvalue weighted by Crippen LogP contribution is 2.41. The van der Waals surface area contributed by atoms with Gasteiger partial charge in [0.05, 0.1) is 5.60 Å². The van der Waals surface area contributed by atoms with Crippen LogP contribution in [0.15, 0.2) is 0 Å². The molecule has 0 aromatic carbocycles. The van der Waals surface area contributed by atoms with Crippen LogP contribution in [0.25, 0.3) is 0 Å². The molecular formula is C22H44O. The van der Waals surface area contributed by atoms with Gasteiger partial charge in [-0.05, 0) is 43.4 Å². The first-order chi connectivity index (χ1) is 11.1. The van der Waals surface area contributed by atoms with Gasteiger partial charge in [-0.15, -0.1) is 0 Å². The second-order valence-corrected chi connectivity index (χ2v) is 8.46. The fourth-order valence-corrected chi connectivity index (χ4v) is 4.78. The summed E-state index contributed by atoms with van der Waals surface area (Å²) in [6.45, 7) is 9.24. The predicted octanol–water partition coefficient (Wildman–Crippen LogP) is 7.12. The van der Waals surface area contributed by atoms with E-state index in [1.165, 1.54) is 70.6 Å². The highest BCUT2D eigenvalue weighted by molar-refractivity contribution is 4.88. The van der Waals surface area contributed by atoms with Crippen molar-refractivity contribution in [2.75, 3.05) is 0 Å². The van der Waals surface area contributed by atoms with Crippen molar-refractivity contribution in [3.8, 4) is 0 Å². The van der Waals surface area contributed by atoms with Gasteiger partial charge in [-0.1, -0.05) is 91.9 Å². The molecule has 4 unspecified atom stereocenters. The molecule has 0 aromatic heterocycles. The molecule has 0 heterocycles. The molecule has 23 heavy (non-hydrogen) atoms. The first-order valence-electron chi connectivity index (χ1n) is 10.8. The number of hydrogen-bond donors (Lipinski definition) is 1. The SMILES string of the molecule is CCCCC(CC)CC1CCCC(O)(CC(CC)CCCC)C1. The van der Waals surface area contributed by atoms with Gasteiger partial charge in [-0.2, -0.15) is 0 Å². The number of rotatable bonds is 12. The summed E-state index contributed by atoms with van der Waals surface area (Å²) in [7, 11) is 0. The van der Waals surface area contributed by atoms with Crippen molar-refractivity contribution in [2.24, 2.45) is 17.8 Å². The van der Waals surface area contributed by atoms with Gasteiger partial charge < -0.3 is 5.11 Å². The molecule has 1 heteroatoms. The Morgan fingerprint density at radius 3 is 2.13 bits per heavy atom. The molecule has 0 radical (unpaired) electrons. The van der Waals surface area contributed by atoms with Gasteiger partial charge >= 0.3 is 0 Å². The zero-order chi connectivity index (χ0) is 17.1. The lowest BCUT2D eigenvalue weighted by atomic mass is 9.70. The maximum absolute atomic E-state index is 11.2. The van der Waals surface area contributed by atoms with Crippen LogP contribution in [0.1, 0.15) is 118 Å². The largest absolute Gasteiger partial charge is 0.390 e. The normalized spacial score (nSPS) is 27.8. The summed E-state index contributed by atoms with van der Waals surface area (Å²) in [5.41, 5.74) is -0.347. The van der Waals surface area contributed by atoms with Crippen LogP contribution in [0.5, 0.6) is 0 Å². The molecule has 138 valence electrons. The van der Waals surface area contributed by atoms with E-state index in [0.717, 1.165) is 37.0 Å².